The van der Waals surface area contributed by atoms with Gasteiger partial charge in [-0.1, -0.05) is 25.7 Å². The van der Waals surface area contributed by atoms with Gasteiger partial charge in [-0.15, -0.1) is 0 Å². The molecule has 0 aromatic heterocycles. The minimum absolute atomic E-state index is 0.301. The van der Waals surface area contributed by atoms with Gasteiger partial charge in [0, 0.05) is 6.61 Å². The Kier molecular flexibility index (Phi) is 11.5. The molecule has 11 heteroatoms. The van der Waals surface area contributed by atoms with Crippen LogP contribution in [0, 0.1) is 6.92 Å². The highest BCUT2D eigenvalue weighted by molar-refractivity contribution is 4.94. The van der Waals surface area contributed by atoms with E-state index in [0.717, 1.165) is 38.5 Å². The van der Waals surface area contributed by atoms with Crippen molar-refractivity contribution in [2.45, 2.75) is 99.9 Å². The average molecular weight is 454 g/mol. The first-order chi connectivity index (χ1) is 14.8. The lowest BCUT2D eigenvalue weighted by atomic mass is 9.97. The maximum absolute atomic E-state index is 10.5. The predicted octanol–water partition coefficient (Wildman–Crippen LogP) is -2.20. The summed E-state index contributed by atoms with van der Waals surface area (Å²) in [5.41, 5.74) is 0. The Balaban J connectivity index is 1.90. The van der Waals surface area contributed by atoms with Crippen LogP contribution in [-0.2, 0) is 18.9 Å². The van der Waals surface area contributed by atoms with Crippen LogP contribution in [0.5, 0.6) is 0 Å². The highest BCUT2D eigenvalue weighted by Gasteiger charge is 2.50. The van der Waals surface area contributed by atoms with E-state index in [4.69, 9.17) is 18.9 Å². The van der Waals surface area contributed by atoms with E-state index < -0.39 is 74.6 Å². The first kappa shape index (κ1) is 26.8. The van der Waals surface area contributed by atoms with Crippen molar-refractivity contribution < 1.29 is 54.7 Å². The van der Waals surface area contributed by atoms with Crippen molar-refractivity contribution in [2.75, 3.05) is 19.8 Å². The van der Waals surface area contributed by atoms with Gasteiger partial charge < -0.3 is 61.6 Å². The summed E-state index contributed by atoms with van der Waals surface area (Å²) in [6.07, 6.45) is -8.55. The number of ether oxygens (including phenoxy) is 4. The van der Waals surface area contributed by atoms with E-state index in [1.807, 2.05) is 0 Å². The molecular weight excluding hydrogens is 416 g/mol. The van der Waals surface area contributed by atoms with Crippen LogP contribution in [0.25, 0.3) is 0 Å². The van der Waals surface area contributed by atoms with Gasteiger partial charge in [-0.3, -0.25) is 0 Å². The van der Waals surface area contributed by atoms with Crippen LogP contribution in [0.15, 0.2) is 0 Å². The Bertz CT molecular complexity index is 492. The standard InChI is InChI=1S/C20H37O11/c1-2-3-4-5-6-7-8-28-19-17(27)15(25)18(12(10-22)30-19)31-20-16(26)14(24)13(23)11(9-21)29-20/h11-27H,1-10H2/q-1/t11-,12-,13-,14+,15-,16-,17-,18-,19-,20-/m1/s1. The van der Waals surface area contributed by atoms with E-state index in [1.54, 1.807) is 0 Å². The van der Waals surface area contributed by atoms with Crippen molar-refractivity contribution in [3.05, 3.63) is 6.92 Å². The number of rotatable bonds is 12. The highest BCUT2D eigenvalue weighted by atomic mass is 16.7. The topological polar surface area (TPSA) is 179 Å². The summed E-state index contributed by atoms with van der Waals surface area (Å²) in [5, 5.41) is 69.7. The van der Waals surface area contributed by atoms with Crippen LogP contribution in [0.1, 0.15) is 38.5 Å². The van der Waals surface area contributed by atoms with Gasteiger partial charge in [-0.25, -0.2) is 0 Å². The van der Waals surface area contributed by atoms with Gasteiger partial charge in [0.2, 0.25) is 0 Å². The summed E-state index contributed by atoms with van der Waals surface area (Å²) in [6.45, 7) is 2.86. The van der Waals surface area contributed by atoms with E-state index in [-0.39, 0.29) is 0 Å². The van der Waals surface area contributed by atoms with Crippen LogP contribution in [0.4, 0.5) is 0 Å². The Morgan fingerprint density at radius 3 is 1.87 bits per heavy atom. The minimum Gasteiger partial charge on any atom is -0.394 e. The fourth-order valence-corrected chi connectivity index (χ4v) is 3.70. The predicted molar refractivity (Wildman–Crippen MR) is 105 cm³/mol. The molecule has 0 spiro atoms. The van der Waals surface area contributed by atoms with Crippen molar-refractivity contribution in [3.8, 4) is 0 Å². The molecule has 2 aliphatic heterocycles. The highest BCUT2D eigenvalue weighted by Crippen LogP contribution is 2.29. The number of unbranched alkanes of at least 4 members (excludes halogenated alkanes) is 5. The third-order valence-electron chi connectivity index (χ3n) is 5.64. The van der Waals surface area contributed by atoms with Crippen molar-refractivity contribution >= 4 is 0 Å². The molecule has 0 aromatic carbocycles. The summed E-state index contributed by atoms with van der Waals surface area (Å²) in [5.74, 6) is 0. The molecule has 0 amide bonds. The zero-order valence-corrected chi connectivity index (χ0v) is 17.6. The monoisotopic (exact) mass is 453 g/mol. The Hall–Kier alpha value is -0.440. The molecular formula is C20H37O11-. The van der Waals surface area contributed by atoms with Crippen molar-refractivity contribution in [2.24, 2.45) is 0 Å². The zero-order chi connectivity index (χ0) is 23.0. The molecule has 184 valence electrons. The number of hydrogen-bond donors (Lipinski definition) is 7. The van der Waals surface area contributed by atoms with Crippen LogP contribution in [-0.4, -0.2) is 117 Å². The van der Waals surface area contributed by atoms with Gasteiger partial charge in [0.05, 0.1) is 13.2 Å². The second kappa shape index (κ2) is 13.3. The van der Waals surface area contributed by atoms with Crippen LogP contribution in [0.3, 0.4) is 0 Å². The van der Waals surface area contributed by atoms with Crippen LogP contribution >= 0.6 is 0 Å². The fourth-order valence-electron chi connectivity index (χ4n) is 3.70. The van der Waals surface area contributed by atoms with Gasteiger partial charge in [0.15, 0.2) is 12.6 Å². The molecule has 2 aliphatic rings. The Morgan fingerprint density at radius 1 is 0.645 bits per heavy atom. The van der Waals surface area contributed by atoms with E-state index in [9.17, 15) is 35.7 Å². The number of aliphatic hydroxyl groups is 7. The first-order valence-electron chi connectivity index (χ1n) is 10.8. The first-order valence-corrected chi connectivity index (χ1v) is 10.8. The van der Waals surface area contributed by atoms with E-state index in [1.165, 1.54) is 0 Å². The Labute approximate surface area is 182 Å². The molecule has 31 heavy (non-hydrogen) atoms. The lowest BCUT2D eigenvalue weighted by Gasteiger charge is -2.45. The summed E-state index contributed by atoms with van der Waals surface area (Å²) < 4.78 is 21.8. The van der Waals surface area contributed by atoms with Crippen molar-refractivity contribution in [1.82, 2.24) is 0 Å². The van der Waals surface area contributed by atoms with E-state index in [0.29, 0.717) is 6.61 Å². The van der Waals surface area contributed by atoms with E-state index in [2.05, 4.69) is 6.92 Å². The minimum atomic E-state index is -1.70. The second-order valence-corrected chi connectivity index (χ2v) is 8.00. The molecule has 2 rings (SSSR count). The van der Waals surface area contributed by atoms with Crippen molar-refractivity contribution in [3.63, 3.8) is 0 Å². The largest absolute Gasteiger partial charge is 0.394 e. The maximum atomic E-state index is 10.5. The quantitative estimate of drug-likeness (QED) is 0.126. The van der Waals surface area contributed by atoms with Gasteiger partial charge in [-0.05, 0) is 6.42 Å². The molecule has 11 nitrogen and oxygen atoms in total. The lowest BCUT2D eigenvalue weighted by Crippen LogP contribution is -2.64. The van der Waals surface area contributed by atoms with Gasteiger partial charge in [0.25, 0.3) is 0 Å². The van der Waals surface area contributed by atoms with Crippen LogP contribution < -0.4 is 0 Å². The summed E-state index contributed by atoms with van der Waals surface area (Å²) in [7, 11) is 0. The summed E-state index contributed by atoms with van der Waals surface area (Å²) >= 11 is 0. The van der Waals surface area contributed by atoms with Crippen molar-refractivity contribution in [1.29, 1.82) is 0 Å². The second-order valence-electron chi connectivity index (χ2n) is 8.00. The molecule has 0 bridgehead atoms. The van der Waals surface area contributed by atoms with E-state index >= 15 is 0 Å². The molecule has 0 saturated carbocycles. The van der Waals surface area contributed by atoms with Crippen LogP contribution in [0.2, 0.25) is 0 Å². The maximum Gasteiger partial charge on any atom is 0.187 e. The molecule has 0 unspecified atom stereocenters. The zero-order valence-electron chi connectivity index (χ0n) is 17.6. The molecule has 2 saturated heterocycles. The third-order valence-corrected chi connectivity index (χ3v) is 5.64. The summed E-state index contributed by atoms with van der Waals surface area (Å²) in [6, 6.07) is 0. The fraction of sp³-hybridized carbons (Fsp3) is 0.950. The smallest absolute Gasteiger partial charge is 0.187 e. The molecule has 7 N–H and O–H groups in total. The number of aliphatic hydroxyl groups excluding tert-OH is 7. The molecule has 2 heterocycles. The van der Waals surface area contributed by atoms with Gasteiger partial charge >= 0.3 is 0 Å². The van der Waals surface area contributed by atoms with Gasteiger partial charge in [0.1, 0.15) is 48.8 Å². The summed E-state index contributed by atoms with van der Waals surface area (Å²) in [4.78, 5) is 0. The molecule has 0 aromatic rings. The molecule has 0 radical (unpaired) electrons. The molecule has 2 fully saturated rings. The SMILES string of the molecule is [CH2-]CCCCCCCO[C@@H]1O[C@H](CO)[C@@H](O[C@H]2O[C@H](CO)[C@@H](O)[C@H](O)[C@H]2O)[C@H](O)[C@H]1O. The number of hydrogen-bond acceptors (Lipinski definition) is 11. The molecule has 0 aliphatic carbocycles. The molecule has 10 atom stereocenters. The lowest BCUT2D eigenvalue weighted by molar-refractivity contribution is -0.359. The average Bonchev–Trinajstić information content (AvgIpc) is 2.77. The van der Waals surface area contributed by atoms with Gasteiger partial charge in [-0.2, -0.15) is 6.42 Å². The normalized spacial score (nSPS) is 41.4. The Morgan fingerprint density at radius 2 is 1.23 bits per heavy atom. The third kappa shape index (κ3) is 7.02.